The Balaban J connectivity index is 1.20. The lowest BCUT2D eigenvalue weighted by Gasteiger charge is -2.30. The molecule has 0 saturated heterocycles. The summed E-state index contributed by atoms with van der Waals surface area (Å²) in [5.74, 6) is -0.345. The van der Waals surface area contributed by atoms with Gasteiger partial charge in [0, 0.05) is 29.0 Å². The lowest BCUT2D eigenvalue weighted by molar-refractivity contribution is 0.0875. The molecule has 1 aliphatic heterocycles. The number of fused-ring (bicyclic) bond motifs is 2. The van der Waals surface area contributed by atoms with Crippen molar-refractivity contribution < 1.29 is 19.1 Å². The van der Waals surface area contributed by atoms with Crippen LogP contribution in [0.15, 0.2) is 30.5 Å². The molecule has 3 aromatic rings. The number of rotatable bonds is 5. The van der Waals surface area contributed by atoms with Crippen molar-refractivity contribution in [3.63, 3.8) is 0 Å². The molecule has 9 heteroatoms. The molecule has 2 amide bonds. The van der Waals surface area contributed by atoms with Gasteiger partial charge in [-0.3, -0.25) is 14.7 Å². The molecule has 4 N–H and O–H groups in total. The number of aromatic amines is 1. The maximum Gasteiger partial charge on any atom is 0.254 e. The third kappa shape index (κ3) is 4.16. The van der Waals surface area contributed by atoms with Crippen molar-refractivity contribution in [1.29, 1.82) is 0 Å². The summed E-state index contributed by atoms with van der Waals surface area (Å²) in [6.07, 6.45) is 5.40. The van der Waals surface area contributed by atoms with E-state index in [1.54, 1.807) is 18.3 Å². The Morgan fingerprint density at radius 3 is 2.84 bits per heavy atom. The summed E-state index contributed by atoms with van der Waals surface area (Å²) < 4.78 is 11.6. The van der Waals surface area contributed by atoms with Crippen molar-refractivity contribution in [3.05, 3.63) is 52.8 Å². The Labute approximate surface area is 184 Å². The quantitative estimate of drug-likeness (QED) is 0.563. The number of primary amides is 1. The molecule has 5 rings (SSSR count). The lowest BCUT2D eigenvalue weighted by atomic mass is 9.92. The van der Waals surface area contributed by atoms with Crippen LogP contribution in [0.3, 0.4) is 0 Å². The molecule has 3 heterocycles. The number of hydrogen-bond acceptors (Lipinski definition) is 6. The first kappa shape index (κ1) is 20.4. The van der Waals surface area contributed by atoms with Crippen LogP contribution in [0.5, 0.6) is 5.88 Å². The van der Waals surface area contributed by atoms with E-state index in [1.165, 1.54) is 0 Å². The highest BCUT2D eigenvalue weighted by Crippen LogP contribution is 2.28. The fourth-order valence-electron chi connectivity index (χ4n) is 4.37. The Morgan fingerprint density at radius 1 is 1.19 bits per heavy atom. The molecular formula is C23H25N5O4. The number of benzene rings is 1. The highest BCUT2D eigenvalue weighted by atomic mass is 16.5. The molecule has 0 spiro atoms. The van der Waals surface area contributed by atoms with Gasteiger partial charge in [-0.05, 0) is 49.9 Å². The fourth-order valence-corrected chi connectivity index (χ4v) is 4.37. The lowest BCUT2D eigenvalue weighted by Crippen LogP contribution is -2.40. The van der Waals surface area contributed by atoms with Crippen LogP contribution in [-0.4, -0.2) is 45.7 Å². The zero-order chi connectivity index (χ0) is 22.1. The molecule has 1 aliphatic carbocycles. The van der Waals surface area contributed by atoms with Gasteiger partial charge in [0.15, 0.2) is 0 Å². The molecule has 1 aromatic carbocycles. The number of hydrogen-bond donors (Lipinski definition) is 3. The molecular weight excluding hydrogens is 410 g/mol. The van der Waals surface area contributed by atoms with E-state index < -0.39 is 5.91 Å². The molecule has 2 aromatic heterocycles. The minimum Gasteiger partial charge on any atom is -0.474 e. The number of amides is 2. The topological polar surface area (TPSA) is 132 Å². The van der Waals surface area contributed by atoms with E-state index in [4.69, 9.17) is 15.2 Å². The molecule has 0 atom stereocenters. The van der Waals surface area contributed by atoms with Crippen LogP contribution in [0.4, 0.5) is 0 Å². The van der Waals surface area contributed by atoms with E-state index in [0.717, 1.165) is 47.8 Å². The summed E-state index contributed by atoms with van der Waals surface area (Å²) >= 11 is 0. The van der Waals surface area contributed by atoms with Gasteiger partial charge in [-0.2, -0.15) is 5.10 Å². The number of ether oxygens (including phenoxy) is 2. The summed E-state index contributed by atoms with van der Waals surface area (Å²) in [6, 6.07) is 7.30. The van der Waals surface area contributed by atoms with Gasteiger partial charge in [-0.1, -0.05) is 0 Å². The second-order valence-electron chi connectivity index (χ2n) is 8.35. The second-order valence-corrected chi connectivity index (χ2v) is 8.35. The van der Waals surface area contributed by atoms with Crippen LogP contribution in [0.25, 0.3) is 10.9 Å². The van der Waals surface area contributed by atoms with E-state index in [-0.39, 0.29) is 18.1 Å². The van der Waals surface area contributed by atoms with Crippen molar-refractivity contribution in [2.24, 2.45) is 5.73 Å². The number of carbonyl (C=O) groups excluding carboxylic acids is 2. The number of H-pyrrole nitrogens is 1. The summed E-state index contributed by atoms with van der Waals surface area (Å²) in [4.78, 5) is 29.2. The summed E-state index contributed by atoms with van der Waals surface area (Å²) in [6.45, 7) is 1.04. The standard InChI is InChI=1S/C23H25N5O4/c24-21(29)18-10-15-12-31-8-7-19(15)27-23(18)32-17-4-2-16(3-5-17)26-22(30)13-1-6-20-14(9-13)11-25-28-20/h1,6,9-11,16-17H,2-5,7-8,12H2,(H2,24,29)(H,25,28)(H,26,30). The van der Waals surface area contributed by atoms with Gasteiger partial charge < -0.3 is 20.5 Å². The number of nitrogens with zero attached hydrogens (tertiary/aromatic N) is 2. The highest BCUT2D eigenvalue weighted by molar-refractivity contribution is 5.98. The number of carbonyl (C=O) groups is 2. The SMILES string of the molecule is NC(=O)c1cc2c(nc1OC1CCC(NC(=O)c3ccc4[nH]ncc4c3)CC1)CCOC2. The molecule has 166 valence electrons. The average Bonchev–Trinajstić information content (AvgIpc) is 3.28. The van der Waals surface area contributed by atoms with Crippen molar-refractivity contribution in [3.8, 4) is 5.88 Å². The number of aromatic nitrogens is 3. The highest BCUT2D eigenvalue weighted by Gasteiger charge is 2.27. The van der Waals surface area contributed by atoms with E-state index >= 15 is 0 Å². The van der Waals surface area contributed by atoms with Crippen LogP contribution < -0.4 is 15.8 Å². The largest absolute Gasteiger partial charge is 0.474 e. The van der Waals surface area contributed by atoms with Crippen LogP contribution in [0.1, 0.15) is 57.7 Å². The maximum absolute atomic E-state index is 12.7. The summed E-state index contributed by atoms with van der Waals surface area (Å²) in [7, 11) is 0. The molecule has 0 unspecified atom stereocenters. The predicted octanol–water partition coefficient (Wildman–Crippen LogP) is 2.25. The van der Waals surface area contributed by atoms with Crippen molar-refractivity contribution in [2.75, 3.05) is 6.61 Å². The normalized spacial score (nSPS) is 20.5. The first-order valence-corrected chi connectivity index (χ1v) is 10.9. The first-order chi connectivity index (χ1) is 15.6. The van der Waals surface area contributed by atoms with Crippen LogP contribution >= 0.6 is 0 Å². The van der Waals surface area contributed by atoms with Gasteiger partial charge in [0.2, 0.25) is 5.88 Å². The monoisotopic (exact) mass is 435 g/mol. The smallest absolute Gasteiger partial charge is 0.254 e. The average molecular weight is 435 g/mol. The Morgan fingerprint density at radius 2 is 2.03 bits per heavy atom. The van der Waals surface area contributed by atoms with Gasteiger partial charge in [0.1, 0.15) is 11.7 Å². The van der Waals surface area contributed by atoms with Gasteiger partial charge in [-0.25, -0.2) is 4.98 Å². The van der Waals surface area contributed by atoms with E-state index in [2.05, 4.69) is 20.5 Å². The van der Waals surface area contributed by atoms with Crippen molar-refractivity contribution in [1.82, 2.24) is 20.5 Å². The molecule has 2 aliphatic rings. The fraction of sp³-hybridized carbons (Fsp3) is 0.391. The predicted molar refractivity (Wildman–Crippen MR) is 116 cm³/mol. The van der Waals surface area contributed by atoms with Crippen LogP contribution in [0.2, 0.25) is 0 Å². The summed E-state index contributed by atoms with van der Waals surface area (Å²) in [5, 5.41) is 10.9. The Kier molecular flexibility index (Phi) is 5.48. The van der Waals surface area contributed by atoms with Crippen molar-refractivity contribution in [2.45, 2.75) is 50.9 Å². The van der Waals surface area contributed by atoms with Crippen LogP contribution in [0, 0.1) is 0 Å². The molecule has 0 bridgehead atoms. The van der Waals surface area contributed by atoms with Gasteiger partial charge in [0.05, 0.1) is 30.6 Å². The minimum atomic E-state index is -0.559. The molecule has 32 heavy (non-hydrogen) atoms. The Hall–Kier alpha value is -3.46. The van der Waals surface area contributed by atoms with Gasteiger partial charge >= 0.3 is 0 Å². The molecule has 9 nitrogen and oxygen atoms in total. The molecule has 1 fully saturated rings. The second kappa shape index (κ2) is 8.58. The van der Waals surface area contributed by atoms with Gasteiger partial charge in [0.25, 0.3) is 11.8 Å². The maximum atomic E-state index is 12.7. The zero-order valence-electron chi connectivity index (χ0n) is 17.6. The number of pyridine rings is 1. The molecule has 0 radical (unpaired) electrons. The van der Waals surface area contributed by atoms with Gasteiger partial charge in [-0.15, -0.1) is 0 Å². The minimum absolute atomic E-state index is 0.0751. The summed E-state index contributed by atoms with van der Waals surface area (Å²) in [5.41, 5.74) is 9.15. The molecule has 1 saturated carbocycles. The van der Waals surface area contributed by atoms with Crippen molar-refractivity contribution >= 4 is 22.7 Å². The van der Waals surface area contributed by atoms with E-state index in [9.17, 15) is 9.59 Å². The number of nitrogens with one attached hydrogen (secondary N) is 2. The van der Waals surface area contributed by atoms with Crippen LogP contribution in [-0.2, 0) is 17.8 Å². The van der Waals surface area contributed by atoms with E-state index in [0.29, 0.717) is 36.6 Å². The number of nitrogens with two attached hydrogens (primary N) is 1. The Bertz CT molecular complexity index is 1170. The third-order valence-corrected chi connectivity index (χ3v) is 6.15. The van der Waals surface area contributed by atoms with E-state index in [1.807, 2.05) is 12.1 Å². The third-order valence-electron chi connectivity index (χ3n) is 6.15. The first-order valence-electron chi connectivity index (χ1n) is 10.9. The zero-order valence-corrected chi connectivity index (χ0v) is 17.6.